The van der Waals surface area contributed by atoms with Crippen LogP contribution in [0.15, 0.2) is 12.4 Å². The van der Waals surface area contributed by atoms with Crippen LogP contribution in [0.3, 0.4) is 0 Å². The van der Waals surface area contributed by atoms with Gasteiger partial charge in [0.05, 0.1) is 11.2 Å². The van der Waals surface area contributed by atoms with Crippen LogP contribution in [0.5, 0.6) is 0 Å². The van der Waals surface area contributed by atoms with Crippen molar-refractivity contribution < 1.29 is 23.6 Å². The number of alkyl carbamates (subject to hydrolysis) is 1. The largest absolute Gasteiger partial charge is 0.498 e. The van der Waals surface area contributed by atoms with Crippen LogP contribution in [-0.4, -0.2) is 82.5 Å². The molecule has 0 spiro atoms. The highest BCUT2D eigenvalue weighted by Crippen LogP contribution is 2.36. The molecular weight excluding hydrogens is 437 g/mol. The highest BCUT2D eigenvalue weighted by Gasteiger charge is 2.52. The van der Waals surface area contributed by atoms with Crippen molar-refractivity contribution in [1.82, 2.24) is 20.2 Å². The molecule has 0 aliphatic carbocycles. The average molecular weight is 475 g/mol. The topological polar surface area (TPSA) is 106 Å². The first-order valence-corrected chi connectivity index (χ1v) is 11.8. The van der Waals surface area contributed by atoms with Crippen LogP contribution < -0.4 is 15.7 Å². The van der Waals surface area contributed by atoms with E-state index in [0.29, 0.717) is 25.6 Å². The average Bonchev–Trinajstić information content (AvgIpc) is 2.93. The van der Waals surface area contributed by atoms with Crippen molar-refractivity contribution in [3.8, 4) is 0 Å². The van der Waals surface area contributed by atoms with Crippen molar-refractivity contribution >= 4 is 30.5 Å². The number of carbonyl (C=O) groups is 2. The minimum atomic E-state index is -0.677. The van der Waals surface area contributed by atoms with Crippen LogP contribution in [0.1, 0.15) is 62.3 Å². The Balaban J connectivity index is 1.57. The van der Waals surface area contributed by atoms with Crippen LogP contribution in [0.2, 0.25) is 0 Å². The fourth-order valence-corrected chi connectivity index (χ4v) is 3.86. The third-order valence-electron chi connectivity index (χ3n) is 6.48. The Kier molecular flexibility index (Phi) is 7.20. The van der Waals surface area contributed by atoms with Crippen LogP contribution >= 0.6 is 0 Å². The zero-order valence-corrected chi connectivity index (χ0v) is 21.8. The molecule has 10 nitrogen and oxygen atoms in total. The molecule has 2 fully saturated rings. The fourth-order valence-electron chi connectivity index (χ4n) is 3.86. The van der Waals surface area contributed by atoms with Gasteiger partial charge in [-0.05, 0) is 62.3 Å². The molecule has 1 N–H and O–H groups in total. The predicted octanol–water partition coefficient (Wildman–Crippen LogP) is 1.73. The predicted molar refractivity (Wildman–Crippen MR) is 130 cm³/mol. The number of nitrogens with one attached hydrogen (secondary N) is 1. The molecule has 2 saturated heterocycles. The summed E-state index contributed by atoms with van der Waals surface area (Å²) in [5.74, 6) is 0.453. The van der Waals surface area contributed by atoms with Gasteiger partial charge in [0, 0.05) is 43.5 Å². The molecule has 3 heterocycles. The number of hydrogen-bond donors (Lipinski definition) is 1. The number of piperazine rings is 1. The van der Waals surface area contributed by atoms with Crippen LogP contribution in [0.25, 0.3) is 0 Å². The Hall–Kier alpha value is -2.40. The zero-order chi connectivity index (χ0) is 25.5. The Morgan fingerprint density at radius 1 is 1.15 bits per heavy atom. The molecule has 188 valence electrons. The molecular formula is C23H38BN5O5. The Morgan fingerprint density at radius 3 is 2.21 bits per heavy atom. The van der Waals surface area contributed by atoms with E-state index < -0.39 is 36.1 Å². The number of hydrogen-bond acceptors (Lipinski definition) is 8. The molecule has 34 heavy (non-hydrogen) atoms. The molecule has 2 amide bonds. The van der Waals surface area contributed by atoms with E-state index in [9.17, 15) is 9.59 Å². The first kappa shape index (κ1) is 26.2. The summed E-state index contributed by atoms with van der Waals surface area (Å²) in [5, 5.41) is 2.62. The number of carbonyl (C=O) groups excluding carboxylic acids is 2. The Morgan fingerprint density at radius 2 is 1.71 bits per heavy atom. The number of nitrogens with zero attached hydrogens (tertiary/aromatic N) is 4. The van der Waals surface area contributed by atoms with Crippen molar-refractivity contribution in [3.05, 3.63) is 12.4 Å². The molecule has 2 atom stereocenters. The van der Waals surface area contributed by atoms with E-state index in [1.807, 2.05) is 34.6 Å². The van der Waals surface area contributed by atoms with Gasteiger partial charge < -0.3 is 29.2 Å². The van der Waals surface area contributed by atoms with E-state index in [4.69, 9.17) is 14.0 Å². The highest BCUT2D eigenvalue weighted by atomic mass is 16.7. The van der Waals surface area contributed by atoms with E-state index >= 15 is 0 Å². The summed E-state index contributed by atoms with van der Waals surface area (Å²) in [5.41, 5.74) is -0.705. The molecule has 1 aromatic rings. The maximum absolute atomic E-state index is 12.9. The molecule has 2 aliphatic rings. The number of anilines is 1. The maximum atomic E-state index is 12.9. The monoisotopic (exact) mass is 475 g/mol. The number of aromatic nitrogens is 2. The third-order valence-corrected chi connectivity index (χ3v) is 6.48. The maximum Gasteiger partial charge on any atom is 0.498 e. The normalized spacial score (nSPS) is 23.0. The summed E-state index contributed by atoms with van der Waals surface area (Å²) < 4.78 is 17.4. The standard InChI is InChI=1S/C23H38BN5O5/c1-15-14-28(18(30)16(2)27-20(31)32-21(3,4)5)10-11-29(15)19-25-12-17(13-26-19)24-33-22(6,7)23(8,9)34-24/h12-13,15-16H,10-11,14H2,1-9H3,(H,27,31)/t15-,16-/m1/s1. The lowest BCUT2D eigenvalue weighted by Crippen LogP contribution is -2.58. The second-order valence-corrected chi connectivity index (χ2v) is 11.1. The number of amides is 2. The third kappa shape index (κ3) is 5.80. The van der Waals surface area contributed by atoms with Crippen molar-refractivity contribution in [2.45, 2.75) is 91.2 Å². The molecule has 0 saturated carbocycles. The first-order chi connectivity index (χ1) is 15.6. The van der Waals surface area contributed by atoms with Crippen LogP contribution in [0, 0.1) is 0 Å². The summed E-state index contributed by atoms with van der Waals surface area (Å²) in [7, 11) is -0.509. The number of ether oxygens (including phenoxy) is 1. The molecule has 0 unspecified atom stereocenters. The molecule has 0 bridgehead atoms. The van der Waals surface area contributed by atoms with Crippen molar-refractivity contribution in [1.29, 1.82) is 0 Å². The molecule has 3 rings (SSSR count). The fraction of sp³-hybridized carbons (Fsp3) is 0.739. The second kappa shape index (κ2) is 9.33. The van der Waals surface area contributed by atoms with Gasteiger partial charge in [0.2, 0.25) is 11.9 Å². The highest BCUT2D eigenvalue weighted by molar-refractivity contribution is 6.61. The summed E-state index contributed by atoms with van der Waals surface area (Å²) in [6, 6.07) is -0.668. The van der Waals surface area contributed by atoms with E-state index in [1.165, 1.54) is 0 Å². The summed E-state index contributed by atoms with van der Waals surface area (Å²) in [6.07, 6.45) is 2.87. The molecule has 0 radical (unpaired) electrons. The van der Waals surface area contributed by atoms with Crippen molar-refractivity contribution in [3.63, 3.8) is 0 Å². The Labute approximate surface area is 202 Å². The molecule has 11 heteroatoms. The molecule has 0 aromatic carbocycles. The van der Waals surface area contributed by atoms with E-state index in [1.54, 1.807) is 45.0 Å². The second-order valence-electron chi connectivity index (χ2n) is 11.1. The van der Waals surface area contributed by atoms with Gasteiger partial charge in [-0.1, -0.05) is 0 Å². The van der Waals surface area contributed by atoms with Gasteiger partial charge in [0.25, 0.3) is 0 Å². The van der Waals surface area contributed by atoms with Gasteiger partial charge in [-0.25, -0.2) is 14.8 Å². The van der Waals surface area contributed by atoms with E-state index in [-0.39, 0.29) is 11.9 Å². The van der Waals surface area contributed by atoms with E-state index in [2.05, 4.69) is 20.2 Å². The van der Waals surface area contributed by atoms with Gasteiger partial charge in [-0.2, -0.15) is 0 Å². The van der Waals surface area contributed by atoms with Crippen molar-refractivity contribution in [2.24, 2.45) is 0 Å². The van der Waals surface area contributed by atoms with Crippen molar-refractivity contribution in [2.75, 3.05) is 24.5 Å². The van der Waals surface area contributed by atoms with Gasteiger partial charge in [-0.3, -0.25) is 4.79 Å². The Bertz CT molecular complexity index is 886. The van der Waals surface area contributed by atoms with Gasteiger partial charge in [-0.15, -0.1) is 0 Å². The van der Waals surface area contributed by atoms with Gasteiger partial charge >= 0.3 is 13.2 Å². The lowest BCUT2D eigenvalue weighted by molar-refractivity contribution is -0.133. The SMILES string of the molecule is C[C@@H]1CN(C(=O)[C@@H](C)NC(=O)OC(C)(C)C)CCN1c1ncc(B2OC(C)(C)C(C)(C)O2)cn1. The molecule has 2 aliphatic heterocycles. The smallest absolute Gasteiger partial charge is 0.444 e. The van der Waals surface area contributed by atoms with Gasteiger partial charge in [0.15, 0.2) is 0 Å². The summed E-state index contributed by atoms with van der Waals surface area (Å²) in [6.45, 7) is 18.7. The van der Waals surface area contributed by atoms with Crippen LogP contribution in [-0.2, 0) is 18.8 Å². The minimum absolute atomic E-state index is 0.00845. The molecule has 1 aromatic heterocycles. The van der Waals surface area contributed by atoms with E-state index in [0.717, 1.165) is 5.46 Å². The summed E-state index contributed by atoms with van der Waals surface area (Å²) in [4.78, 5) is 37.8. The number of rotatable bonds is 4. The summed E-state index contributed by atoms with van der Waals surface area (Å²) >= 11 is 0. The lowest BCUT2D eigenvalue weighted by Gasteiger charge is -2.40. The zero-order valence-electron chi connectivity index (χ0n) is 21.8. The lowest BCUT2D eigenvalue weighted by atomic mass is 9.81. The van der Waals surface area contributed by atoms with Gasteiger partial charge in [0.1, 0.15) is 11.6 Å². The minimum Gasteiger partial charge on any atom is -0.444 e. The first-order valence-electron chi connectivity index (χ1n) is 11.8. The quantitative estimate of drug-likeness (QED) is 0.657. The van der Waals surface area contributed by atoms with Crippen LogP contribution in [0.4, 0.5) is 10.7 Å².